The first-order valence-electron chi connectivity index (χ1n) is 8.01. The van der Waals surface area contributed by atoms with E-state index in [2.05, 4.69) is 22.5 Å². The van der Waals surface area contributed by atoms with E-state index in [0.29, 0.717) is 12.1 Å². The number of nitrogens with one attached hydrogen (secondary N) is 3. The van der Waals surface area contributed by atoms with Gasteiger partial charge in [0, 0.05) is 17.8 Å². The van der Waals surface area contributed by atoms with Gasteiger partial charge in [-0.25, -0.2) is 4.79 Å². The molecule has 0 aromatic heterocycles. The van der Waals surface area contributed by atoms with Gasteiger partial charge in [-0.1, -0.05) is 25.1 Å². The maximum atomic E-state index is 11.9. The molecule has 3 amide bonds. The smallest absolute Gasteiger partial charge is 0.319 e. The quantitative estimate of drug-likeness (QED) is 0.644. The van der Waals surface area contributed by atoms with Gasteiger partial charge in [0.25, 0.3) is 0 Å². The van der Waals surface area contributed by atoms with Crippen LogP contribution in [0.25, 0.3) is 0 Å². The van der Waals surface area contributed by atoms with Gasteiger partial charge in [0.15, 0.2) is 0 Å². The van der Waals surface area contributed by atoms with E-state index in [0.717, 1.165) is 18.4 Å². The first-order chi connectivity index (χ1) is 10.9. The number of carbonyl (C=O) groups excluding carboxylic acids is 2. The highest BCUT2D eigenvalue weighted by atomic mass is 16.2. The molecule has 1 rings (SSSR count). The zero-order valence-electron chi connectivity index (χ0n) is 14.2. The summed E-state index contributed by atoms with van der Waals surface area (Å²) in [5.41, 5.74) is 1.61. The molecule has 1 aromatic rings. The fourth-order valence-corrected chi connectivity index (χ4v) is 2.15. The Bertz CT molecular complexity index is 524. The number of hydrogen-bond donors (Lipinski definition) is 3. The predicted octanol–water partition coefficient (Wildman–Crippen LogP) is 3.23. The molecule has 0 fully saturated rings. The molecule has 0 aliphatic rings. The second kappa shape index (κ2) is 9.66. The monoisotopic (exact) mass is 317 g/mol. The number of benzene rings is 1. The predicted molar refractivity (Wildman–Crippen MR) is 94.5 cm³/mol. The second-order valence-electron chi connectivity index (χ2n) is 5.82. The van der Waals surface area contributed by atoms with Crippen LogP contribution >= 0.6 is 0 Å². The van der Waals surface area contributed by atoms with Crippen molar-refractivity contribution >= 4 is 17.6 Å². The Morgan fingerprint density at radius 2 is 1.83 bits per heavy atom. The van der Waals surface area contributed by atoms with Crippen molar-refractivity contribution in [2.24, 2.45) is 0 Å². The molecule has 0 unspecified atom stereocenters. The van der Waals surface area contributed by atoms with E-state index < -0.39 is 0 Å². The number of rotatable bonds is 8. The lowest BCUT2D eigenvalue weighted by Gasteiger charge is -2.15. The summed E-state index contributed by atoms with van der Waals surface area (Å²) in [6.07, 6.45) is 3.73. The molecule has 0 heterocycles. The Balaban J connectivity index is 2.51. The molecule has 0 saturated carbocycles. The number of anilines is 1. The minimum absolute atomic E-state index is 0.00587. The first kappa shape index (κ1) is 18.7. The summed E-state index contributed by atoms with van der Waals surface area (Å²) in [6.45, 7) is 9.57. The maximum absolute atomic E-state index is 11.9. The number of urea groups is 1. The molecular formula is C18H27N3O2. The molecule has 23 heavy (non-hydrogen) atoms. The lowest BCUT2D eigenvalue weighted by molar-refractivity contribution is -0.120. The lowest BCUT2D eigenvalue weighted by atomic mass is 10.1. The van der Waals surface area contributed by atoms with Crippen molar-refractivity contribution in [2.75, 3.05) is 5.32 Å². The summed E-state index contributed by atoms with van der Waals surface area (Å²) < 4.78 is 0. The van der Waals surface area contributed by atoms with Crippen LogP contribution in [0, 0.1) is 0 Å². The largest absolute Gasteiger partial charge is 0.354 e. The number of carbonyl (C=O) groups is 2. The third-order valence-electron chi connectivity index (χ3n) is 3.31. The average Bonchev–Trinajstić information content (AvgIpc) is 2.48. The molecule has 5 nitrogen and oxygen atoms in total. The van der Waals surface area contributed by atoms with E-state index in [1.54, 1.807) is 18.2 Å². The van der Waals surface area contributed by atoms with Crippen LogP contribution in [-0.2, 0) is 11.2 Å². The molecule has 3 N–H and O–H groups in total. The van der Waals surface area contributed by atoms with Crippen LogP contribution in [0.5, 0.6) is 0 Å². The van der Waals surface area contributed by atoms with Crippen LogP contribution in [0.2, 0.25) is 0 Å². The van der Waals surface area contributed by atoms with Crippen molar-refractivity contribution in [1.29, 1.82) is 0 Å². The van der Waals surface area contributed by atoms with Gasteiger partial charge in [0.1, 0.15) is 0 Å². The Hall–Kier alpha value is -2.30. The van der Waals surface area contributed by atoms with Crippen LogP contribution in [0.15, 0.2) is 36.9 Å². The normalized spacial score (nSPS) is 11.7. The SMILES string of the molecule is C=CC[C@@H](CC)NC(=O)Nc1ccc(CC(=O)NC(C)C)cc1. The molecule has 0 aliphatic carbocycles. The van der Waals surface area contributed by atoms with Crippen molar-refractivity contribution < 1.29 is 9.59 Å². The van der Waals surface area contributed by atoms with Gasteiger partial charge >= 0.3 is 6.03 Å². The molecule has 0 spiro atoms. The molecule has 0 radical (unpaired) electrons. The summed E-state index contributed by atoms with van der Waals surface area (Å²) in [7, 11) is 0. The molecule has 1 aromatic carbocycles. The van der Waals surface area contributed by atoms with E-state index in [1.807, 2.05) is 32.9 Å². The van der Waals surface area contributed by atoms with Crippen molar-refractivity contribution in [2.45, 2.75) is 52.1 Å². The molecule has 126 valence electrons. The standard InChI is InChI=1S/C18H27N3O2/c1-5-7-15(6-2)20-18(23)21-16-10-8-14(9-11-16)12-17(22)19-13(3)4/h5,8-11,13,15H,1,6-7,12H2,2-4H3,(H,19,22)(H2,20,21,23)/t15-/m1/s1. The maximum Gasteiger partial charge on any atom is 0.319 e. The van der Waals surface area contributed by atoms with E-state index in [-0.39, 0.29) is 24.0 Å². The van der Waals surface area contributed by atoms with Gasteiger partial charge in [-0.15, -0.1) is 6.58 Å². The molecular weight excluding hydrogens is 290 g/mol. The van der Waals surface area contributed by atoms with E-state index >= 15 is 0 Å². The Labute approximate surface area is 138 Å². The summed E-state index contributed by atoms with van der Waals surface area (Å²) in [4.78, 5) is 23.6. The third-order valence-corrected chi connectivity index (χ3v) is 3.31. The summed E-state index contributed by atoms with van der Waals surface area (Å²) >= 11 is 0. The zero-order chi connectivity index (χ0) is 17.2. The van der Waals surface area contributed by atoms with Gasteiger partial charge in [-0.2, -0.15) is 0 Å². The fourth-order valence-electron chi connectivity index (χ4n) is 2.15. The van der Waals surface area contributed by atoms with E-state index in [9.17, 15) is 9.59 Å². The lowest BCUT2D eigenvalue weighted by Crippen LogP contribution is -2.37. The van der Waals surface area contributed by atoms with Gasteiger partial charge in [0.2, 0.25) is 5.91 Å². The fraction of sp³-hybridized carbons (Fsp3) is 0.444. The average molecular weight is 317 g/mol. The van der Waals surface area contributed by atoms with Crippen LogP contribution < -0.4 is 16.0 Å². The number of hydrogen-bond acceptors (Lipinski definition) is 2. The van der Waals surface area contributed by atoms with Crippen molar-refractivity contribution in [3.63, 3.8) is 0 Å². The highest BCUT2D eigenvalue weighted by Crippen LogP contribution is 2.10. The topological polar surface area (TPSA) is 70.2 Å². The summed E-state index contributed by atoms with van der Waals surface area (Å²) in [6, 6.07) is 7.27. The molecule has 0 aliphatic heterocycles. The minimum atomic E-state index is -0.232. The van der Waals surface area contributed by atoms with Gasteiger partial charge in [0.05, 0.1) is 6.42 Å². The highest BCUT2D eigenvalue weighted by Gasteiger charge is 2.09. The zero-order valence-corrected chi connectivity index (χ0v) is 14.2. The van der Waals surface area contributed by atoms with Crippen LogP contribution in [-0.4, -0.2) is 24.0 Å². The molecule has 1 atom stereocenters. The molecule has 5 heteroatoms. The highest BCUT2D eigenvalue weighted by molar-refractivity contribution is 5.89. The van der Waals surface area contributed by atoms with Crippen molar-refractivity contribution in [1.82, 2.24) is 10.6 Å². The molecule has 0 bridgehead atoms. The van der Waals surface area contributed by atoms with Gasteiger partial charge < -0.3 is 16.0 Å². The van der Waals surface area contributed by atoms with Crippen molar-refractivity contribution in [3.05, 3.63) is 42.5 Å². The van der Waals surface area contributed by atoms with Crippen LogP contribution in [0.3, 0.4) is 0 Å². The van der Waals surface area contributed by atoms with Crippen LogP contribution in [0.4, 0.5) is 10.5 Å². The Morgan fingerprint density at radius 1 is 1.17 bits per heavy atom. The third kappa shape index (κ3) is 7.49. The molecule has 0 saturated heterocycles. The van der Waals surface area contributed by atoms with E-state index in [4.69, 9.17) is 0 Å². The van der Waals surface area contributed by atoms with E-state index in [1.165, 1.54) is 0 Å². The van der Waals surface area contributed by atoms with Gasteiger partial charge in [-0.3, -0.25) is 4.79 Å². The van der Waals surface area contributed by atoms with Crippen molar-refractivity contribution in [3.8, 4) is 0 Å². The minimum Gasteiger partial charge on any atom is -0.354 e. The second-order valence-corrected chi connectivity index (χ2v) is 5.82. The Kier molecular flexibility index (Phi) is 7.88. The Morgan fingerprint density at radius 3 is 2.35 bits per heavy atom. The van der Waals surface area contributed by atoms with Crippen LogP contribution in [0.1, 0.15) is 39.2 Å². The number of amides is 3. The van der Waals surface area contributed by atoms with Gasteiger partial charge in [-0.05, 0) is 44.4 Å². The summed E-state index contributed by atoms with van der Waals surface area (Å²) in [5, 5.41) is 8.54. The first-order valence-corrected chi connectivity index (χ1v) is 8.01. The summed E-state index contributed by atoms with van der Waals surface area (Å²) in [5.74, 6) is -0.00587.